The fourth-order valence-corrected chi connectivity index (χ4v) is 3.56. The van der Waals surface area contributed by atoms with Crippen LogP contribution in [0.3, 0.4) is 0 Å². The van der Waals surface area contributed by atoms with Gasteiger partial charge in [0.1, 0.15) is 11.6 Å². The summed E-state index contributed by atoms with van der Waals surface area (Å²) in [6.45, 7) is 2.53. The van der Waals surface area contributed by atoms with E-state index in [0.717, 1.165) is 27.9 Å². The van der Waals surface area contributed by atoms with Crippen LogP contribution < -0.4 is 11.5 Å². The van der Waals surface area contributed by atoms with Crippen LogP contribution in [0.5, 0.6) is 0 Å². The monoisotopic (exact) mass is 394 g/mol. The molecule has 4 aromatic rings. The van der Waals surface area contributed by atoms with E-state index in [0.29, 0.717) is 18.1 Å². The minimum Gasteiger partial charge on any atom is -0.469 e. The summed E-state index contributed by atoms with van der Waals surface area (Å²) < 4.78 is 7.49. The minimum absolute atomic E-state index is 0.101. The van der Waals surface area contributed by atoms with Crippen LogP contribution >= 0.6 is 11.8 Å². The van der Waals surface area contributed by atoms with E-state index >= 15 is 0 Å². The Morgan fingerprint density at radius 3 is 2.43 bits per heavy atom. The smallest absolute Gasteiger partial charge is 0.225 e. The van der Waals surface area contributed by atoms with Gasteiger partial charge in [-0.25, -0.2) is 0 Å². The van der Waals surface area contributed by atoms with E-state index in [1.807, 2.05) is 35.8 Å². The van der Waals surface area contributed by atoms with E-state index in [1.165, 1.54) is 11.8 Å². The zero-order chi connectivity index (χ0) is 19.5. The predicted octanol–water partition coefficient (Wildman–Crippen LogP) is 2.54. The molecule has 142 valence electrons. The average Bonchev–Trinajstić information content (AvgIpc) is 3.26. The zero-order valence-corrected chi connectivity index (χ0v) is 15.9. The highest BCUT2D eigenvalue weighted by Gasteiger charge is 2.18. The van der Waals surface area contributed by atoms with Crippen molar-refractivity contribution >= 4 is 23.7 Å². The summed E-state index contributed by atoms with van der Waals surface area (Å²) in [5.74, 6) is 2.66. The molecular formula is C18H18N8OS. The van der Waals surface area contributed by atoms with Crippen LogP contribution in [0.4, 0.5) is 11.9 Å². The molecule has 0 spiro atoms. The summed E-state index contributed by atoms with van der Waals surface area (Å²) in [4.78, 5) is 12.0. The number of rotatable bonds is 6. The molecule has 0 fully saturated rings. The molecule has 3 heterocycles. The maximum Gasteiger partial charge on any atom is 0.225 e. The summed E-state index contributed by atoms with van der Waals surface area (Å²) in [7, 11) is 0. The Morgan fingerprint density at radius 1 is 1.00 bits per heavy atom. The first-order chi connectivity index (χ1) is 13.6. The van der Waals surface area contributed by atoms with E-state index in [9.17, 15) is 0 Å². The molecule has 28 heavy (non-hydrogen) atoms. The number of thioether (sulfide) groups is 1. The third kappa shape index (κ3) is 3.81. The minimum atomic E-state index is 0.101. The molecule has 0 aliphatic rings. The van der Waals surface area contributed by atoms with E-state index in [-0.39, 0.29) is 11.9 Å². The molecular weight excluding hydrogens is 376 g/mol. The van der Waals surface area contributed by atoms with Crippen LogP contribution in [0.2, 0.25) is 0 Å². The van der Waals surface area contributed by atoms with Crippen LogP contribution in [0, 0.1) is 6.92 Å². The molecule has 4 N–H and O–H groups in total. The number of nitrogens with two attached hydrogens (primary N) is 2. The largest absolute Gasteiger partial charge is 0.469 e. The summed E-state index contributed by atoms with van der Waals surface area (Å²) >= 11 is 1.46. The summed E-state index contributed by atoms with van der Waals surface area (Å²) in [6.07, 6.45) is 1.65. The van der Waals surface area contributed by atoms with E-state index < -0.39 is 0 Å². The van der Waals surface area contributed by atoms with Crippen molar-refractivity contribution < 1.29 is 4.42 Å². The lowest BCUT2D eigenvalue weighted by molar-refractivity contribution is 0.534. The Morgan fingerprint density at radius 2 is 1.75 bits per heavy atom. The van der Waals surface area contributed by atoms with Gasteiger partial charge in [-0.3, -0.25) is 4.57 Å². The second kappa shape index (κ2) is 7.69. The summed E-state index contributed by atoms with van der Waals surface area (Å²) in [5.41, 5.74) is 13.3. The number of aryl methyl sites for hydroxylation is 1. The number of nitrogen functional groups attached to an aromatic ring is 2. The van der Waals surface area contributed by atoms with Gasteiger partial charge in [0.15, 0.2) is 11.0 Å². The Bertz CT molecular complexity index is 1070. The molecule has 0 unspecified atom stereocenters. The van der Waals surface area contributed by atoms with Gasteiger partial charge in [0.2, 0.25) is 11.9 Å². The average molecular weight is 394 g/mol. The summed E-state index contributed by atoms with van der Waals surface area (Å²) in [6, 6.07) is 12.0. The van der Waals surface area contributed by atoms with Crippen LogP contribution in [0.1, 0.15) is 17.1 Å². The van der Waals surface area contributed by atoms with Gasteiger partial charge in [-0.2, -0.15) is 15.0 Å². The number of nitrogens with zero attached hydrogens (tertiary/aromatic N) is 6. The molecule has 0 amide bonds. The molecule has 0 atom stereocenters. The summed E-state index contributed by atoms with van der Waals surface area (Å²) in [5, 5.41) is 9.50. The molecule has 0 saturated heterocycles. The first-order valence-corrected chi connectivity index (χ1v) is 9.49. The Kier molecular flexibility index (Phi) is 4.94. The number of hydrogen-bond acceptors (Lipinski definition) is 9. The SMILES string of the molecule is Cc1occc1-c1nnc(SCc2nc(N)nc(N)n2)n1Cc1ccccc1. The van der Waals surface area contributed by atoms with Gasteiger partial charge in [-0.1, -0.05) is 42.1 Å². The highest BCUT2D eigenvalue weighted by atomic mass is 32.2. The third-order valence-corrected chi connectivity index (χ3v) is 5.01. The van der Waals surface area contributed by atoms with Crippen LogP contribution in [-0.2, 0) is 12.3 Å². The first-order valence-electron chi connectivity index (χ1n) is 8.50. The van der Waals surface area contributed by atoms with Crippen LogP contribution in [-0.4, -0.2) is 29.7 Å². The molecule has 10 heteroatoms. The van der Waals surface area contributed by atoms with Gasteiger partial charge >= 0.3 is 0 Å². The van der Waals surface area contributed by atoms with Crippen molar-refractivity contribution in [3.8, 4) is 11.4 Å². The van der Waals surface area contributed by atoms with Crippen molar-refractivity contribution in [1.29, 1.82) is 0 Å². The second-order valence-corrected chi connectivity index (χ2v) is 6.97. The number of anilines is 2. The van der Waals surface area contributed by atoms with Crippen molar-refractivity contribution in [3.63, 3.8) is 0 Å². The number of aromatic nitrogens is 6. The molecule has 0 aliphatic heterocycles. The van der Waals surface area contributed by atoms with Crippen LogP contribution in [0.15, 0.2) is 52.2 Å². The van der Waals surface area contributed by atoms with Gasteiger partial charge in [-0.05, 0) is 18.6 Å². The molecule has 0 aliphatic carbocycles. The molecule has 4 rings (SSSR count). The Labute approximate surface area is 165 Å². The fraction of sp³-hybridized carbons (Fsp3) is 0.167. The second-order valence-electron chi connectivity index (χ2n) is 6.03. The van der Waals surface area contributed by atoms with Crippen molar-refractivity contribution in [2.24, 2.45) is 0 Å². The lowest BCUT2D eigenvalue weighted by Gasteiger charge is -2.10. The van der Waals surface area contributed by atoms with Gasteiger partial charge in [0.05, 0.1) is 24.1 Å². The van der Waals surface area contributed by atoms with Crippen LogP contribution in [0.25, 0.3) is 11.4 Å². The van der Waals surface area contributed by atoms with Gasteiger partial charge in [0, 0.05) is 0 Å². The highest BCUT2D eigenvalue weighted by Crippen LogP contribution is 2.29. The van der Waals surface area contributed by atoms with Gasteiger partial charge in [-0.15, -0.1) is 10.2 Å². The molecule has 3 aromatic heterocycles. The van der Waals surface area contributed by atoms with Gasteiger partial charge < -0.3 is 15.9 Å². The van der Waals surface area contributed by atoms with Gasteiger partial charge in [0.25, 0.3) is 0 Å². The number of furan rings is 1. The van der Waals surface area contributed by atoms with Crippen molar-refractivity contribution in [2.75, 3.05) is 11.5 Å². The number of benzene rings is 1. The maximum atomic E-state index is 5.65. The third-order valence-electron chi connectivity index (χ3n) is 4.05. The fourth-order valence-electron chi connectivity index (χ4n) is 2.77. The Hall–Kier alpha value is -3.40. The topological polar surface area (TPSA) is 135 Å². The van der Waals surface area contributed by atoms with Crippen molar-refractivity contribution in [3.05, 3.63) is 59.8 Å². The molecule has 9 nitrogen and oxygen atoms in total. The lowest BCUT2D eigenvalue weighted by Crippen LogP contribution is -2.07. The quantitative estimate of drug-likeness (QED) is 0.473. The standard InChI is InChI=1S/C18H18N8OS/c1-11-13(7-8-27-11)15-24-25-18(26(15)9-12-5-3-2-4-6-12)28-10-14-21-16(19)23-17(20)22-14/h2-8H,9-10H2,1H3,(H4,19,20,21,22,23). The molecule has 0 bridgehead atoms. The normalized spacial score (nSPS) is 11.0. The highest BCUT2D eigenvalue weighted by molar-refractivity contribution is 7.98. The van der Waals surface area contributed by atoms with E-state index in [2.05, 4.69) is 37.3 Å². The zero-order valence-electron chi connectivity index (χ0n) is 15.1. The first kappa shape index (κ1) is 18.0. The maximum absolute atomic E-state index is 5.65. The van der Waals surface area contributed by atoms with Crippen molar-refractivity contribution in [2.45, 2.75) is 24.4 Å². The van der Waals surface area contributed by atoms with Crippen molar-refractivity contribution in [1.82, 2.24) is 29.7 Å². The Balaban J connectivity index is 1.66. The lowest BCUT2D eigenvalue weighted by atomic mass is 10.2. The molecule has 1 aromatic carbocycles. The van der Waals surface area contributed by atoms with E-state index in [4.69, 9.17) is 15.9 Å². The molecule has 0 saturated carbocycles. The molecule has 0 radical (unpaired) electrons. The predicted molar refractivity (Wildman–Crippen MR) is 106 cm³/mol. The van der Waals surface area contributed by atoms with E-state index in [1.54, 1.807) is 6.26 Å². The number of hydrogen-bond donors (Lipinski definition) is 2.